The summed E-state index contributed by atoms with van der Waals surface area (Å²) in [7, 11) is 0. The van der Waals surface area contributed by atoms with E-state index in [1.54, 1.807) is 0 Å². The average molecular weight is 295 g/mol. The third-order valence-corrected chi connectivity index (χ3v) is 3.56. The van der Waals surface area contributed by atoms with Crippen LogP contribution in [0.2, 0.25) is 6.32 Å². The van der Waals surface area contributed by atoms with E-state index in [1.165, 1.54) is 5.56 Å². The van der Waals surface area contributed by atoms with Crippen LogP contribution < -0.4 is 51.4 Å². The molecule has 6 heteroatoms. The van der Waals surface area contributed by atoms with Crippen LogP contribution in [0.1, 0.15) is 18.4 Å². The molecule has 0 N–H and O–H groups in total. The summed E-state index contributed by atoms with van der Waals surface area (Å²) in [6.45, 7) is -2.20. The van der Waals surface area contributed by atoms with E-state index < -0.39 is 13.3 Å². The average Bonchev–Trinajstić information content (AvgIpc) is 2.31. The minimum atomic E-state index is -4.62. The second-order valence-corrected chi connectivity index (χ2v) is 5.15. The van der Waals surface area contributed by atoms with Crippen molar-refractivity contribution in [3.63, 3.8) is 0 Å². The maximum absolute atomic E-state index is 12.3. The fourth-order valence-corrected chi connectivity index (χ4v) is 2.60. The third kappa shape index (κ3) is 6.78. The molecule has 0 amide bonds. The number of likely N-dealkylation sites (tertiary alicyclic amines) is 1. The van der Waals surface area contributed by atoms with Crippen molar-refractivity contribution in [1.82, 2.24) is 4.90 Å². The zero-order valence-electron chi connectivity index (χ0n) is 11.4. The molecule has 19 heavy (non-hydrogen) atoms. The number of benzene rings is 1. The zero-order valence-corrected chi connectivity index (χ0v) is 14.5. The van der Waals surface area contributed by atoms with E-state index in [9.17, 15) is 12.9 Å². The first-order chi connectivity index (χ1) is 8.53. The summed E-state index contributed by atoms with van der Waals surface area (Å²) in [5, 5.41) is 0. The molecule has 1 nitrogen and oxygen atoms in total. The zero-order chi connectivity index (χ0) is 13.0. The van der Waals surface area contributed by atoms with Crippen molar-refractivity contribution in [3.05, 3.63) is 35.9 Å². The molecule has 100 valence electrons. The minimum Gasteiger partial charge on any atom is -0.449 e. The fourth-order valence-electron chi connectivity index (χ4n) is 2.60. The molecule has 0 bridgehead atoms. The Morgan fingerprint density at radius 3 is 2.16 bits per heavy atom. The van der Waals surface area contributed by atoms with Crippen molar-refractivity contribution < 1.29 is 64.3 Å². The van der Waals surface area contributed by atoms with Gasteiger partial charge >= 0.3 is 58.4 Å². The van der Waals surface area contributed by atoms with Gasteiger partial charge in [0.25, 0.3) is 0 Å². The van der Waals surface area contributed by atoms with Crippen LogP contribution in [0.15, 0.2) is 30.3 Å². The van der Waals surface area contributed by atoms with Crippen molar-refractivity contribution in [2.75, 3.05) is 13.1 Å². The Balaban J connectivity index is 0.00000180. The van der Waals surface area contributed by atoms with E-state index in [2.05, 4.69) is 17.0 Å². The summed E-state index contributed by atoms with van der Waals surface area (Å²) in [6, 6.07) is 10.1. The molecule has 1 aliphatic heterocycles. The summed E-state index contributed by atoms with van der Waals surface area (Å²) in [6.07, 6.45) is 0.793. The van der Waals surface area contributed by atoms with Crippen molar-refractivity contribution in [1.29, 1.82) is 0 Å². The van der Waals surface area contributed by atoms with Crippen molar-refractivity contribution in [2.24, 2.45) is 5.92 Å². The minimum absolute atomic E-state index is 0. The van der Waals surface area contributed by atoms with E-state index in [0.717, 1.165) is 19.6 Å². The number of halogens is 3. The van der Waals surface area contributed by atoms with E-state index in [-0.39, 0.29) is 57.3 Å². The number of piperidine rings is 1. The van der Waals surface area contributed by atoms with Crippen molar-refractivity contribution in [2.45, 2.75) is 25.7 Å². The van der Waals surface area contributed by atoms with Gasteiger partial charge in [-0.15, -0.1) is 0 Å². The van der Waals surface area contributed by atoms with E-state index >= 15 is 0 Å². The van der Waals surface area contributed by atoms with Crippen LogP contribution in [-0.2, 0) is 6.54 Å². The molecular formula is C13H18BF3KN. The first kappa shape index (κ1) is 17.7. The molecule has 0 atom stereocenters. The number of rotatable bonds is 4. The van der Waals surface area contributed by atoms with Crippen LogP contribution in [0.4, 0.5) is 12.9 Å². The van der Waals surface area contributed by atoms with Crippen molar-refractivity contribution in [3.8, 4) is 0 Å². The summed E-state index contributed by atoms with van der Waals surface area (Å²) in [4.78, 5) is 2.25. The molecule has 1 heterocycles. The van der Waals surface area contributed by atoms with Crippen LogP contribution >= 0.6 is 0 Å². The van der Waals surface area contributed by atoms with E-state index in [0.29, 0.717) is 12.8 Å². The molecule has 0 unspecified atom stereocenters. The first-order valence-electron chi connectivity index (χ1n) is 6.50. The second kappa shape index (κ2) is 8.20. The Hall–Kier alpha value is 0.671. The van der Waals surface area contributed by atoms with Gasteiger partial charge in [0.05, 0.1) is 0 Å². The number of hydrogen-bond acceptors (Lipinski definition) is 1. The first-order valence-corrected chi connectivity index (χ1v) is 6.50. The molecule has 0 aliphatic carbocycles. The molecule has 0 radical (unpaired) electrons. The smallest absolute Gasteiger partial charge is 0.449 e. The standard InChI is InChI=1S/C13H18BF3N.K/c15-14(16,17)10-12-6-8-18(9-7-12)11-13-4-2-1-3-5-13;/h1-5,12H,6-11H2;/q-1;+1. The molecule has 0 aromatic heterocycles. The van der Waals surface area contributed by atoms with Crippen LogP contribution in [-0.4, -0.2) is 25.0 Å². The monoisotopic (exact) mass is 295 g/mol. The van der Waals surface area contributed by atoms with Gasteiger partial charge in [0, 0.05) is 6.54 Å². The molecule has 1 aromatic rings. The van der Waals surface area contributed by atoms with Crippen LogP contribution in [0.5, 0.6) is 0 Å². The van der Waals surface area contributed by atoms with E-state index in [1.807, 2.05) is 18.2 Å². The summed E-state index contributed by atoms with van der Waals surface area (Å²) >= 11 is 0. The SMILES string of the molecule is F[B-](F)(F)CC1CCN(Cc2ccccc2)CC1.[K+]. The Labute approximate surface area is 155 Å². The maximum atomic E-state index is 12.3. The third-order valence-electron chi connectivity index (χ3n) is 3.56. The van der Waals surface area contributed by atoms with Gasteiger partial charge in [-0.3, -0.25) is 4.90 Å². The summed E-state index contributed by atoms with van der Waals surface area (Å²) in [5.74, 6) is -0.156. The molecule has 1 aromatic carbocycles. The number of hydrogen-bond donors (Lipinski definition) is 0. The second-order valence-electron chi connectivity index (χ2n) is 5.15. The predicted octanol–water partition coefficient (Wildman–Crippen LogP) is 0.750. The van der Waals surface area contributed by atoms with Gasteiger partial charge in [0.2, 0.25) is 0 Å². The van der Waals surface area contributed by atoms with Gasteiger partial charge in [0.15, 0.2) is 0 Å². The van der Waals surface area contributed by atoms with Crippen molar-refractivity contribution >= 4 is 6.98 Å². The quantitative estimate of drug-likeness (QED) is 0.741. The predicted molar refractivity (Wildman–Crippen MR) is 68.3 cm³/mol. The summed E-state index contributed by atoms with van der Waals surface area (Å²) in [5.41, 5.74) is 1.23. The normalized spacial score (nSPS) is 18.1. The summed E-state index contributed by atoms with van der Waals surface area (Å²) < 4.78 is 37.0. The Morgan fingerprint density at radius 2 is 1.63 bits per heavy atom. The van der Waals surface area contributed by atoms with Gasteiger partial charge in [-0.05, 0) is 31.5 Å². The fraction of sp³-hybridized carbons (Fsp3) is 0.538. The maximum Gasteiger partial charge on any atom is 1.00 e. The van der Waals surface area contributed by atoms with Crippen LogP contribution in [0, 0.1) is 5.92 Å². The van der Waals surface area contributed by atoms with Gasteiger partial charge in [0.1, 0.15) is 0 Å². The molecule has 2 rings (SSSR count). The largest absolute Gasteiger partial charge is 1.00 e. The van der Waals surface area contributed by atoms with Gasteiger partial charge in [-0.2, -0.15) is 0 Å². The van der Waals surface area contributed by atoms with Gasteiger partial charge in [-0.25, -0.2) is 0 Å². The van der Waals surface area contributed by atoms with Crippen LogP contribution in [0.25, 0.3) is 0 Å². The Kier molecular flexibility index (Phi) is 7.65. The van der Waals surface area contributed by atoms with Gasteiger partial charge < -0.3 is 12.9 Å². The molecule has 0 saturated carbocycles. The molecular weight excluding hydrogens is 277 g/mol. The number of nitrogens with zero attached hydrogens (tertiary/aromatic N) is 1. The molecule has 1 saturated heterocycles. The molecule has 1 aliphatic rings. The van der Waals surface area contributed by atoms with Crippen LogP contribution in [0.3, 0.4) is 0 Å². The van der Waals surface area contributed by atoms with Gasteiger partial charge in [-0.1, -0.05) is 42.6 Å². The van der Waals surface area contributed by atoms with E-state index in [4.69, 9.17) is 0 Å². The molecule has 1 fully saturated rings. The molecule has 0 spiro atoms. The topological polar surface area (TPSA) is 3.24 Å². The Morgan fingerprint density at radius 1 is 1.05 bits per heavy atom. The Bertz CT molecular complexity index is 364.